The van der Waals surface area contributed by atoms with Gasteiger partial charge in [0.25, 0.3) is 0 Å². The lowest BCUT2D eigenvalue weighted by atomic mass is 10.2. The zero-order valence-corrected chi connectivity index (χ0v) is 9.95. The first-order valence-electron chi connectivity index (χ1n) is 5.39. The predicted octanol–water partition coefficient (Wildman–Crippen LogP) is 3.30. The Balaban J connectivity index is 1.76. The van der Waals surface area contributed by atoms with Crippen molar-refractivity contribution in [3.05, 3.63) is 53.7 Å². The molecule has 17 heavy (non-hydrogen) atoms. The number of nitrogens with zero attached hydrogens (tertiary/aromatic N) is 2. The number of fused-ring (bicyclic) bond motifs is 1. The predicted molar refractivity (Wildman–Crippen MR) is 71.2 cm³/mol. The molecule has 2 aromatic heterocycles. The Morgan fingerprint density at radius 2 is 2.00 bits per heavy atom. The second-order valence-electron chi connectivity index (χ2n) is 3.73. The Morgan fingerprint density at radius 3 is 2.88 bits per heavy atom. The average molecular weight is 241 g/mol. The summed E-state index contributed by atoms with van der Waals surface area (Å²) >= 11 is 1.63. The maximum atomic E-state index is 4.33. The molecule has 3 nitrogen and oxygen atoms in total. The van der Waals surface area contributed by atoms with Crippen LogP contribution in [-0.2, 0) is 6.54 Å². The molecule has 2 heterocycles. The van der Waals surface area contributed by atoms with Gasteiger partial charge >= 0.3 is 0 Å². The normalized spacial score (nSPS) is 10.6. The highest BCUT2D eigenvalue weighted by molar-refractivity contribution is 7.16. The van der Waals surface area contributed by atoms with Crippen LogP contribution < -0.4 is 5.32 Å². The van der Waals surface area contributed by atoms with Crippen molar-refractivity contribution in [3.8, 4) is 0 Å². The van der Waals surface area contributed by atoms with Crippen LogP contribution in [0.4, 0.5) is 5.82 Å². The van der Waals surface area contributed by atoms with Gasteiger partial charge in [-0.2, -0.15) is 0 Å². The van der Waals surface area contributed by atoms with Crippen LogP contribution in [0.2, 0.25) is 0 Å². The fourth-order valence-corrected chi connectivity index (χ4v) is 2.33. The van der Waals surface area contributed by atoms with E-state index in [2.05, 4.69) is 27.4 Å². The van der Waals surface area contributed by atoms with E-state index in [0.29, 0.717) is 0 Å². The number of pyridine rings is 1. The van der Waals surface area contributed by atoms with E-state index in [1.54, 1.807) is 17.5 Å². The Bertz CT molecular complexity index is 619. The maximum absolute atomic E-state index is 4.33. The third-order valence-electron chi connectivity index (χ3n) is 2.53. The third kappa shape index (κ3) is 2.26. The van der Waals surface area contributed by atoms with Crippen molar-refractivity contribution in [3.63, 3.8) is 0 Å². The molecule has 0 spiro atoms. The number of hydrogen-bond donors (Lipinski definition) is 1. The fourth-order valence-electron chi connectivity index (χ4n) is 1.65. The van der Waals surface area contributed by atoms with Crippen LogP contribution in [0.1, 0.15) is 5.56 Å². The first kappa shape index (κ1) is 10.2. The van der Waals surface area contributed by atoms with Crippen molar-refractivity contribution in [2.45, 2.75) is 6.54 Å². The monoisotopic (exact) mass is 241 g/mol. The molecule has 1 N–H and O–H groups in total. The van der Waals surface area contributed by atoms with Gasteiger partial charge in [0.1, 0.15) is 5.82 Å². The minimum atomic E-state index is 0.790. The maximum Gasteiger partial charge on any atom is 0.127 e. The standard InChI is InChI=1S/C13H11N3S/c1-2-4-10(5-3-1)7-14-13-6-12-11(8-15-13)16-9-17-12/h1-6,8-9H,7H2,(H,14,15). The van der Waals surface area contributed by atoms with Gasteiger partial charge in [-0.1, -0.05) is 30.3 Å². The minimum Gasteiger partial charge on any atom is -0.366 e. The van der Waals surface area contributed by atoms with Crippen LogP contribution in [0, 0.1) is 0 Å². The van der Waals surface area contributed by atoms with Gasteiger partial charge in [0.2, 0.25) is 0 Å². The molecule has 0 atom stereocenters. The summed E-state index contributed by atoms with van der Waals surface area (Å²) in [4.78, 5) is 8.53. The lowest BCUT2D eigenvalue weighted by Crippen LogP contribution is -2.00. The number of benzene rings is 1. The number of thiazole rings is 1. The number of aromatic nitrogens is 2. The summed E-state index contributed by atoms with van der Waals surface area (Å²) in [5.41, 5.74) is 4.05. The number of anilines is 1. The lowest BCUT2D eigenvalue weighted by Gasteiger charge is -2.05. The van der Waals surface area contributed by atoms with Gasteiger partial charge < -0.3 is 5.32 Å². The second-order valence-corrected chi connectivity index (χ2v) is 4.62. The SMILES string of the molecule is c1ccc(CNc2cc3scnc3cn2)cc1. The van der Waals surface area contributed by atoms with Crippen molar-refractivity contribution in [2.75, 3.05) is 5.32 Å². The topological polar surface area (TPSA) is 37.8 Å². The molecule has 84 valence electrons. The molecule has 0 bridgehead atoms. The molecule has 0 aliphatic heterocycles. The van der Waals surface area contributed by atoms with Crippen LogP contribution in [-0.4, -0.2) is 9.97 Å². The van der Waals surface area contributed by atoms with E-state index in [9.17, 15) is 0 Å². The summed E-state index contributed by atoms with van der Waals surface area (Å²) in [5, 5.41) is 3.31. The smallest absolute Gasteiger partial charge is 0.127 e. The number of nitrogens with one attached hydrogen (secondary N) is 1. The van der Waals surface area contributed by atoms with E-state index < -0.39 is 0 Å². The Labute approximate surface area is 103 Å². The fraction of sp³-hybridized carbons (Fsp3) is 0.0769. The zero-order valence-electron chi connectivity index (χ0n) is 9.13. The van der Waals surface area contributed by atoms with Crippen molar-refractivity contribution in [2.24, 2.45) is 0 Å². The molecule has 3 rings (SSSR count). The Morgan fingerprint density at radius 1 is 1.12 bits per heavy atom. The molecule has 0 saturated carbocycles. The van der Waals surface area contributed by atoms with Crippen LogP contribution in [0.15, 0.2) is 48.1 Å². The average Bonchev–Trinajstić information content (AvgIpc) is 2.85. The van der Waals surface area contributed by atoms with Gasteiger partial charge in [0, 0.05) is 6.54 Å². The number of hydrogen-bond acceptors (Lipinski definition) is 4. The lowest BCUT2D eigenvalue weighted by molar-refractivity contribution is 1.12. The highest BCUT2D eigenvalue weighted by Crippen LogP contribution is 2.19. The van der Waals surface area contributed by atoms with Gasteiger partial charge in [-0.05, 0) is 11.6 Å². The van der Waals surface area contributed by atoms with Gasteiger partial charge in [-0.25, -0.2) is 9.97 Å². The van der Waals surface area contributed by atoms with E-state index in [1.807, 2.05) is 29.8 Å². The third-order valence-corrected chi connectivity index (χ3v) is 3.33. The molecule has 4 heteroatoms. The Kier molecular flexibility index (Phi) is 2.71. The molecule has 0 saturated heterocycles. The van der Waals surface area contributed by atoms with Crippen molar-refractivity contribution in [1.82, 2.24) is 9.97 Å². The number of rotatable bonds is 3. The minimum absolute atomic E-state index is 0.790. The molecule has 0 fully saturated rings. The summed E-state index contributed by atoms with van der Waals surface area (Å²) in [6, 6.07) is 12.3. The Hall–Kier alpha value is -1.94. The molecule has 1 aromatic carbocycles. The van der Waals surface area contributed by atoms with Gasteiger partial charge in [-0.15, -0.1) is 11.3 Å². The van der Waals surface area contributed by atoms with Crippen molar-refractivity contribution < 1.29 is 0 Å². The van der Waals surface area contributed by atoms with Crippen LogP contribution in [0.25, 0.3) is 10.2 Å². The van der Waals surface area contributed by atoms with Gasteiger partial charge in [0.15, 0.2) is 0 Å². The summed E-state index contributed by atoms with van der Waals surface area (Å²) < 4.78 is 1.16. The highest BCUT2D eigenvalue weighted by atomic mass is 32.1. The van der Waals surface area contributed by atoms with Crippen LogP contribution in [0.5, 0.6) is 0 Å². The summed E-state index contributed by atoms with van der Waals surface area (Å²) in [6.07, 6.45) is 1.80. The molecule has 0 radical (unpaired) electrons. The molecule has 0 aliphatic carbocycles. The second kappa shape index (κ2) is 4.51. The van der Waals surface area contributed by atoms with Crippen molar-refractivity contribution in [1.29, 1.82) is 0 Å². The largest absolute Gasteiger partial charge is 0.366 e. The quantitative estimate of drug-likeness (QED) is 0.764. The summed E-state index contributed by atoms with van der Waals surface area (Å²) in [7, 11) is 0. The zero-order chi connectivity index (χ0) is 11.5. The highest BCUT2D eigenvalue weighted by Gasteiger charge is 1.99. The molecule has 0 aliphatic rings. The van der Waals surface area contributed by atoms with Gasteiger partial charge in [-0.3, -0.25) is 0 Å². The van der Waals surface area contributed by atoms with E-state index >= 15 is 0 Å². The molecular weight excluding hydrogens is 230 g/mol. The molecular formula is C13H11N3S. The van der Waals surface area contributed by atoms with Crippen LogP contribution in [0.3, 0.4) is 0 Å². The van der Waals surface area contributed by atoms with E-state index in [-0.39, 0.29) is 0 Å². The molecule has 0 amide bonds. The van der Waals surface area contributed by atoms with Crippen molar-refractivity contribution >= 4 is 27.4 Å². The van der Waals surface area contributed by atoms with E-state index in [4.69, 9.17) is 0 Å². The first-order chi connectivity index (χ1) is 8.42. The summed E-state index contributed by atoms with van der Waals surface area (Å²) in [5.74, 6) is 0.894. The first-order valence-corrected chi connectivity index (χ1v) is 6.27. The van der Waals surface area contributed by atoms with Crippen LogP contribution >= 0.6 is 11.3 Å². The van der Waals surface area contributed by atoms with Gasteiger partial charge in [0.05, 0.1) is 21.9 Å². The van der Waals surface area contributed by atoms with E-state index in [0.717, 1.165) is 22.6 Å². The summed E-state index contributed by atoms with van der Waals surface area (Å²) in [6.45, 7) is 0.790. The molecule has 3 aromatic rings. The van der Waals surface area contributed by atoms with E-state index in [1.165, 1.54) is 5.56 Å². The molecule has 0 unspecified atom stereocenters.